The molecule has 3 heterocycles. The number of piperidine rings is 1. The van der Waals surface area contributed by atoms with Crippen LogP contribution in [0.25, 0.3) is 11.0 Å². The van der Waals surface area contributed by atoms with Gasteiger partial charge >= 0.3 is 11.9 Å². The van der Waals surface area contributed by atoms with Crippen LogP contribution in [0.5, 0.6) is 0 Å². The highest BCUT2D eigenvalue weighted by Crippen LogP contribution is 2.28. The van der Waals surface area contributed by atoms with Gasteiger partial charge in [-0.1, -0.05) is 11.8 Å². The van der Waals surface area contributed by atoms with Gasteiger partial charge in [0, 0.05) is 19.6 Å². The number of thioether (sulfide) groups is 1. The highest BCUT2D eigenvalue weighted by Gasteiger charge is 2.20. The number of hydrogen-bond acceptors (Lipinski definition) is 8. The molecule has 1 fully saturated rings. The lowest BCUT2D eigenvalue weighted by molar-refractivity contribution is -0.154. The van der Waals surface area contributed by atoms with E-state index in [2.05, 4.69) is 25.0 Å². The first kappa shape index (κ1) is 19.4. The fourth-order valence-electron chi connectivity index (χ4n) is 3.07. The van der Waals surface area contributed by atoms with Crippen LogP contribution < -0.4 is 10.2 Å². The van der Waals surface area contributed by atoms with Gasteiger partial charge in [-0.2, -0.15) is 5.10 Å². The molecule has 10 heteroatoms. The number of carbonyl (C=O) groups excluding carboxylic acids is 2. The molecule has 9 nitrogen and oxygen atoms in total. The van der Waals surface area contributed by atoms with Crippen molar-refractivity contribution in [3.8, 4) is 0 Å². The fourth-order valence-corrected chi connectivity index (χ4v) is 3.42. The summed E-state index contributed by atoms with van der Waals surface area (Å²) in [6.07, 6.45) is 7.29. The Kier molecular flexibility index (Phi) is 6.49. The summed E-state index contributed by atoms with van der Waals surface area (Å²) in [5, 5.41) is 8.56. The molecule has 0 bridgehead atoms. The Labute approximate surface area is 161 Å². The molecule has 0 radical (unpaired) electrons. The van der Waals surface area contributed by atoms with Crippen molar-refractivity contribution in [2.24, 2.45) is 0 Å². The summed E-state index contributed by atoms with van der Waals surface area (Å²) in [5.74, 6) is -0.699. The minimum Gasteiger partial charge on any atom is -0.459 e. The lowest BCUT2D eigenvalue weighted by atomic mass is 10.1. The Balaban J connectivity index is 1.76. The number of ether oxygens (including phenoxy) is 1. The summed E-state index contributed by atoms with van der Waals surface area (Å²) in [4.78, 5) is 34.6. The molecule has 27 heavy (non-hydrogen) atoms. The molecule has 1 N–H and O–H groups in total. The molecule has 2 aromatic rings. The van der Waals surface area contributed by atoms with Crippen LogP contribution in [0.15, 0.2) is 11.4 Å². The van der Waals surface area contributed by atoms with Gasteiger partial charge < -0.3 is 15.0 Å². The molecular formula is C17H24N6O3S. The van der Waals surface area contributed by atoms with Gasteiger partial charge in [0.25, 0.3) is 0 Å². The third-order valence-corrected chi connectivity index (χ3v) is 4.91. The maximum absolute atomic E-state index is 11.6. The van der Waals surface area contributed by atoms with Gasteiger partial charge in [-0.05, 0) is 32.4 Å². The van der Waals surface area contributed by atoms with Crippen LogP contribution in [0, 0.1) is 0 Å². The third-order valence-electron chi connectivity index (χ3n) is 4.36. The summed E-state index contributed by atoms with van der Waals surface area (Å²) >= 11 is 1.49. The lowest BCUT2D eigenvalue weighted by Gasteiger charge is -2.28. The van der Waals surface area contributed by atoms with Crippen LogP contribution in [0.1, 0.15) is 26.2 Å². The average Bonchev–Trinajstić information content (AvgIpc) is 3.11. The minimum absolute atomic E-state index is 0.170. The fraction of sp³-hybridized carbons (Fsp3) is 0.588. The molecule has 0 atom stereocenters. The van der Waals surface area contributed by atoms with E-state index < -0.39 is 11.9 Å². The highest BCUT2D eigenvalue weighted by molar-refractivity contribution is 7.98. The quantitative estimate of drug-likeness (QED) is 0.339. The Morgan fingerprint density at radius 2 is 2.04 bits per heavy atom. The number of aromatic nitrogens is 4. The zero-order valence-electron chi connectivity index (χ0n) is 15.6. The third kappa shape index (κ3) is 4.49. The largest absolute Gasteiger partial charge is 0.459 e. The molecule has 1 aliphatic rings. The van der Waals surface area contributed by atoms with E-state index in [-0.39, 0.29) is 13.2 Å². The predicted molar refractivity (Wildman–Crippen MR) is 103 cm³/mol. The van der Waals surface area contributed by atoms with Gasteiger partial charge in [0.2, 0.25) is 0 Å². The minimum atomic E-state index is -0.873. The number of amides is 1. The van der Waals surface area contributed by atoms with Gasteiger partial charge in [-0.25, -0.2) is 19.4 Å². The van der Waals surface area contributed by atoms with Crippen LogP contribution in [0.3, 0.4) is 0 Å². The Hall–Kier alpha value is -2.36. The molecule has 146 valence electrons. The standard InChI is InChI=1S/C17H24N6O3S/c1-3-26-16(25)15(24)18-7-10-23-14-12(11-19-23)13(20-17(21-14)27-2)22-8-5-4-6-9-22/h11H,3-10H2,1-2H3,(H,18,24). The van der Waals surface area contributed by atoms with Crippen molar-refractivity contribution >= 4 is 40.5 Å². The Bertz CT molecular complexity index is 818. The van der Waals surface area contributed by atoms with Crippen molar-refractivity contribution in [1.82, 2.24) is 25.1 Å². The molecule has 0 saturated carbocycles. The second-order valence-electron chi connectivity index (χ2n) is 6.16. The smallest absolute Gasteiger partial charge is 0.396 e. The molecule has 0 spiro atoms. The van der Waals surface area contributed by atoms with E-state index >= 15 is 0 Å². The van der Waals surface area contributed by atoms with Crippen molar-refractivity contribution in [1.29, 1.82) is 0 Å². The van der Waals surface area contributed by atoms with E-state index in [1.165, 1.54) is 18.2 Å². The number of carbonyl (C=O) groups is 2. The zero-order valence-corrected chi connectivity index (χ0v) is 16.4. The number of esters is 1. The first-order valence-electron chi connectivity index (χ1n) is 9.11. The molecule has 1 amide bonds. The number of hydrogen-bond donors (Lipinski definition) is 1. The molecule has 1 saturated heterocycles. The average molecular weight is 392 g/mol. The second-order valence-corrected chi connectivity index (χ2v) is 6.94. The van der Waals surface area contributed by atoms with Gasteiger partial charge in [-0.15, -0.1) is 0 Å². The Morgan fingerprint density at radius 1 is 1.26 bits per heavy atom. The molecular weight excluding hydrogens is 368 g/mol. The first-order valence-corrected chi connectivity index (χ1v) is 10.3. The maximum atomic E-state index is 11.6. The van der Waals surface area contributed by atoms with E-state index in [0.29, 0.717) is 11.7 Å². The molecule has 0 unspecified atom stereocenters. The number of fused-ring (bicyclic) bond motifs is 1. The normalized spacial score (nSPS) is 14.4. The number of rotatable bonds is 6. The zero-order chi connectivity index (χ0) is 19.2. The number of nitrogens with zero attached hydrogens (tertiary/aromatic N) is 5. The molecule has 0 aliphatic carbocycles. The Morgan fingerprint density at radius 3 is 2.74 bits per heavy atom. The summed E-state index contributed by atoms with van der Waals surface area (Å²) in [6, 6.07) is 0. The summed E-state index contributed by atoms with van der Waals surface area (Å²) in [5.41, 5.74) is 0.736. The summed E-state index contributed by atoms with van der Waals surface area (Å²) in [6.45, 7) is 4.46. The van der Waals surface area contributed by atoms with Crippen LogP contribution in [0.2, 0.25) is 0 Å². The van der Waals surface area contributed by atoms with Gasteiger partial charge in [-0.3, -0.25) is 4.79 Å². The topological polar surface area (TPSA) is 102 Å². The molecule has 1 aliphatic heterocycles. The van der Waals surface area contributed by atoms with Crippen molar-refractivity contribution in [3.63, 3.8) is 0 Å². The van der Waals surface area contributed by atoms with Crippen molar-refractivity contribution in [3.05, 3.63) is 6.20 Å². The van der Waals surface area contributed by atoms with Crippen LogP contribution in [-0.4, -0.2) is 64.1 Å². The van der Waals surface area contributed by atoms with Crippen molar-refractivity contribution in [2.45, 2.75) is 37.9 Å². The number of nitrogens with one attached hydrogen (secondary N) is 1. The highest BCUT2D eigenvalue weighted by atomic mass is 32.2. The van der Waals surface area contributed by atoms with Crippen molar-refractivity contribution in [2.75, 3.05) is 37.4 Å². The monoisotopic (exact) mass is 392 g/mol. The lowest BCUT2D eigenvalue weighted by Crippen LogP contribution is -2.34. The molecule has 3 rings (SSSR count). The van der Waals surface area contributed by atoms with E-state index in [9.17, 15) is 9.59 Å². The van der Waals surface area contributed by atoms with Crippen LogP contribution >= 0.6 is 11.8 Å². The van der Waals surface area contributed by atoms with E-state index in [1.807, 2.05) is 6.26 Å². The maximum Gasteiger partial charge on any atom is 0.396 e. The van der Waals surface area contributed by atoms with E-state index in [1.54, 1.807) is 17.8 Å². The van der Waals surface area contributed by atoms with Crippen LogP contribution in [-0.2, 0) is 20.9 Å². The SMILES string of the molecule is CCOC(=O)C(=O)NCCn1ncc2c(N3CCCCC3)nc(SC)nc21. The second kappa shape index (κ2) is 9.03. The van der Waals surface area contributed by atoms with Crippen molar-refractivity contribution < 1.29 is 14.3 Å². The first-order chi connectivity index (χ1) is 13.1. The van der Waals surface area contributed by atoms with Gasteiger partial charge in [0.15, 0.2) is 10.8 Å². The molecule has 0 aromatic carbocycles. The summed E-state index contributed by atoms with van der Waals surface area (Å²) in [7, 11) is 0. The summed E-state index contributed by atoms with van der Waals surface area (Å²) < 4.78 is 6.40. The van der Waals surface area contributed by atoms with E-state index in [4.69, 9.17) is 4.98 Å². The van der Waals surface area contributed by atoms with Gasteiger partial charge in [0.05, 0.1) is 24.7 Å². The van der Waals surface area contributed by atoms with E-state index in [0.717, 1.165) is 42.8 Å². The van der Waals surface area contributed by atoms with Crippen LogP contribution in [0.4, 0.5) is 5.82 Å². The number of anilines is 1. The predicted octanol–water partition coefficient (Wildman–Crippen LogP) is 1.22. The molecule has 2 aromatic heterocycles. The van der Waals surface area contributed by atoms with Gasteiger partial charge in [0.1, 0.15) is 5.82 Å².